The molecule has 0 saturated carbocycles. The van der Waals surface area contributed by atoms with Crippen LogP contribution < -0.4 is 29.9 Å². The average Bonchev–Trinajstić information content (AvgIpc) is 0.858. The molecule has 25 heteroatoms. The number of aliphatic hydroxyl groups is 1. The number of aliphatic hydroxyl groups excluding tert-OH is 1. The number of nitrogens with two attached hydrogens (primary N) is 1. The van der Waals surface area contributed by atoms with Gasteiger partial charge < -0.3 is 60.9 Å². The van der Waals surface area contributed by atoms with Crippen LogP contribution in [0.15, 0.2) is 48.6 Å². The number of esters is 6. The number of rotatable bonds is 66. The SMILES string of the molecule is CC(C)CN.CCCCCCCC/C=C\CCCCCCCC(=O)Cl.CCCCCCCC/C=C\CCCCCCCC(=O)N(CC(C)C)C(CC(=O)OC)C(=O)OC.CCCCCCCC/C=C\CCCCCCCC(=O)N(CC(C)C)C(CCO)C(=O)O.COC(=O)/C=C\C(=O)OC.COC(=O)CC(NCC(C)C)C(=O)OC.[B].[H-].[Li+]. The zero-order chi connectivity index (χ0) is 87.9. The van der Waals surface area contributed by atoms with Crippen LogP contribution in [0.1, 0.15) is 367 Å². The largest absolute Gasteiger partial charge is 1.00 e. The van der Waals surface area contributed by atoms with E-state index >= 15 is 0 Å². The Morgan fingerprint density at radius 1 is 0.402 bits per heavy atom. The molecule has 0 spiro atoms. The fourth-order valence-corrected chi connectivity index (χ4v) is 11.6. The number of unbranched alkanes of at least 4 members (excludes halogenated alkanes) is 33. The van der Waals surface area contributed by atoms with Gasteiger partial charge >= 0.3 is 60.6 Å². The number of hydrogen-bond donors (Lipinski definition) is 4. The summed E-state index contributed by atoms with van der Waals surface area (Å²) in [6.07, 6.45) is 65.1. The van der Waals surface area contributed by atoms with Crippen molar-refractivity contribution in [1.82, 2.24) is 15.1 Å². The summed E-state index contributed by atoms with van der Waals surface area (Å²) in [5.74, 6) is -2.96. The summed E-state index contributed by atoms with van der Waals surface area (Å²) in [6, 6.07) is -2.48. The number of halogens is 1. The Balaban J connectivity index is -0.000000185. The number of carbonyl (C=O) groups is 10. The van der Waals surface area contributed by atoms with E-state index in [0.717, 1.165) is 82.9 Å². The molecular formula is C92H172BClLiN4O18. The molecule has 3 radical (unpaired) electrons. The van der Waals surface area contributed by atoms with E-state index in [4.69, 9.17) is 31.9 Å². The van der Waals surface area contributed by atoms with Crippen molar-refractivity contribution in [2.75, 3.05) is 75.4 Å². The zero-order valence-corrected chi connectivity index (χ0v) is 78.1. The second kappa shape index (κ2) is 97.8. The summed E-state index contributed by atoms with van der Waals surface area (Å²) in [5, 5.41) is 21.4. The first kappa shape index (κ1) is 127. The number of hydrogen-bond acceptors (Lipinski definition) is 19. The predicted octanol–water partition coefficient (Wildman–Crippen LogP) is 17.3. The van der Waals surface area contributed by atoms with E-state index in [0.29, 0.717) is 50.7 Å². The molecule has 0 aliphatic rings. The van der Waals surface area contributed by atoms with Crippen molar-refractivity contribution in [3.8, 4) is 0 Å². The van der Waals surface area contributed by atoms with Crippen molar-refractivity contribution >= 4 is 78.9 Å². The molecule has 117 heavy (non-hydrogen) atoms. The van der Waals surface area contributed by atoms with Crippen molar-refractivity contribution < 1.29 is 107 Å². The van der Waals surface area contributed by atoms with E-state index in [1.54, 1.807) is 0 Å². The van der Waals surface area contributed by atoms with Gasteiger partial charge in [-0.25, -0.2) is 19.2 Å². The standard InChI is InChI=1S/C28H51NO5.C26H49NO4.C18H33ClO.C10H19NO4.C6H8O4.C4H11N.B.Li.H/c1-6-7-8-9-10-11-12-13-14-15-16-17-18-19-20-21-26(30)29(23-24(2)3)25(28(32)34-5)22-27(31)33-4;1-4-5-6-7-8-9-10-11-12-13-14-15-16-17-18-19-25(29)27(22-23(2)3)24(20-21-28)26(30)31;1-2-3-4-5-6-7-8-9-10-11-12-13-14-15-16-17-18(19)20;1-7(2)6-11-8(10(13)15-4)5-9(12)14-3;1-9-5(7)3-4-6(8)10-2;1-4(2)3-5;;;/h13-14,24-25H,6-12,15-23H2,1-5H3;11-12,23-24,28H,4-10,13-22H2,1-3H3,(H,30,31);9-10H,2-8,11-17H2,1H3;7-8,11H,5-6H2,1-4H3;3-4H,1-2H3;4H,3,5H2,1-2H3;;;/q;;;;;;;+1;-1/b14-13-;12-11-;10-9-;;4-3-;;;;. The summed E-state index contributed by atoms with van der Waals surface area (Å²) in [7, 11) is 7.59. The first-order valence-corrected chi connectivity index (χ1v) is 44.6. The maximum Gasteiger partial charge on any atom is 1.00 e. The Morgan fingerprint density at radius 2 is 0.692 bits per heavy atom. The van der Waals surface area contributed by atoms with Gasteiger partial charge in [0, 0.05) is 65.9 Å². The van der Waals surface area contributed by atoms with Gasteiger partial charge in [0.05, 0.1) is 55.5 Å². The Bertz CT molecular complexity index is 2460. The number of nitrogens with one attached hydrogen (secondary N) is 1. The molecule has 3 atom stereocenters. The van der Waals surface area contributed by atoms with E-state index in [9.17, 15) is 53.1 Å². The van der Waals surface area contributed by atoms with Crippen molar-refractivity contribution in [1.29, 1.82) is 0 Å². The topological polar surface area (TPSA) is 311 Å². The van der Waals surface area contributed by atoms with Crippen LogP contribution >= 0.6 is 11.6 Å². The monoisotopic (exact) mass is 1670 g/mol. The van der Waals surface area contributed by atoms with Gasteiger partial charge in [-0.15, -0.1) is 0 Å². The zero-order valence-electron chi connectivity index (χ0n) is 78.4. The van der Waals surface area contributed by atoms with Gasteiger partial charge in [-0.3, -0.25) is 28.8 Å². The van der Waals surface area contributed by atoms with Crippen LogP contribution in [-0.2, 0) is 76.4 Å². The molecule has 0 heterocycles. The Morgan fingerprint density at radius 3 is 0.949 bits per heavy atom. The van der Waals surface area contributed by atoms with E-state index < -0.39 is 59.9 Å². The van der Waals surface area contributed by atoms with Crippen molar-refractivity contribution in [3.05, 3.63) is 48.6 Å². The number of methoxy groups -OCH3 is 6. The molecule has 0 aliphatic carbocycles. The van der Waals surface area contributed by atoms with Crippen molar-refractivity contribution in [2.45, 2.75) is 383 Å². The smallest absolute Gasteiger partial charge is 1.00 e. The molecule has 0 saturated heterocycles. The minimum Gasteiger partial charge on any atom is -1.00 e. The molecule has 0 bridgehead atoms. The number of amides is 2. The van der Waals surface area contributed by atoms with Crippen LogP contribution in [-0.4, -0.2) is 181 Å². The number of nitrogens with zero attached hydrogens (tertiary/aromatic N) is 2. The van der Waals surface area contributed by atoms with Gasteiger partial charge in [0.2, 0.25) is 17.1 Å². The molecule has 0 aromatic heterocycles. The molecule has 0 aromatic rings. The molecule has 2 amide bonds. The second-order valence-corrected chi connectivity index (χ2v) is 31.5. The second-order valence-electron chi connectivity index (χ2n) is 31.1. The van der Waals surface area contributed by atoms with Gasteiger partial charge in [-0.2, -0.15) is 0 Å². The van der Waals surface area contributed by atoms with Crippen LogP contribution in [0.4, 0.5) is 0 Å². The molecule has 679 valence electrons. The molecular weight excluding hydrogens is 1500 g/mol. The summed E-state index contributed by atoms with van der Waals surface area (Å²) in [4.78, 5) is 118. The third-order valence-electron chi connectivity index (χ3n) is 18.3. The molecule has 0 rings (SSSR count). The number of ether oxygens (including phenoxy) is 6. The van der Waals surface area contributed by atoms with Gasteiger partial charge in [0.25, 0.3) is 0 Å². The number of allylic oxidation sites excluding steroid dienone is 6. The fraction of sp³-hybridized carbons (Fsp3) is 0.804. The van der Waals surface area contributed by atoms with E-state index in [1.807, 2.05) is 41.5 Å². The molecule has 0 fully saturated rings. The summed E-state index contributed by atoms with van der Waals surface area (Å²) >= 11 is 5.29. The average molecular weight is 1680 g/mol. The first-order chi connectivity index (χ1) is 55.0. The number of carboxylic acids is 1. The van der Waals surface area contributed by atoms with E-state index in [2.05, 4.69) is 95.3 Å². The number of aliphatic carboxylic acids is 1. The maximum atomic E-state index is 12.9. The van der Waals surface area contributed by atoms with Crippen LogP contribution in [0.25, 0.3) is 0 Å². The summed E-state index contributed by atoms with van der Waals surface area (Å²) in [5.41, 5.74) is 5.17. The normalized spacial score (nSPS) is 11.6. The Labute approximate surface area is 733 Å². The molecule has 3 unspecified atom stereocenters. The minimum atomic E-state index is -1.03. The quantitative estimate of drug-likeness (QED) is 0.00836. The van der Waals surface area contributed by atoms with Gasteiger partial charge in [-0.05, 0) is 145 Å². The van der Waals surface area contributed by atoms with Crippen molar-refractivity contribution in [2.24, 2.45) is 29.4 Å². The summed E-state index contributed by atoms with van der Waals surface area (Å²) < 4.78 is 27.1. The molecule has 22 nitrogen and oxygen atoms in total. The Kier molecular flexibility index (Phi) is 106. The van der Waals surface area contributed by atoms with Crippen LogP contribution in [0.5, 0.6) is 0 Å². The Hall–Kier alpha value is -5.31. The van der Waals surface area contributed by atoms with Crippen LogP contribution in [0.3, 0.4) is 0 Å². The molecule has 5 N–H and O–H groups in total. The fourth-order valence-electron chi connectivity index (χ4n) is 11.4. The molecule has 0 aromatic carbocycles. The van der Waals surface area contributed by atoms with E-state index in [-0.39, 0.29) is 83.5 Å². The summed E-state index contributed by atoms with van der Waals surface area (Å²) in [6.45, 7) is 24.9. The van der Waals surface area contributed by atoms with Gasteiger partial charge in [0.1, 0.15) is 18.1 Å². The molecule has 0 aliphatic heterocycles. The number of carboxylic acid groups (broad SMARTS) is 1. The number of carbonyl (C=O) groups excluding carboxylic acids is 9. The first-order valence-electron chi connectivity index (χ1n) is 44.2. The third kappa shape index (κ3) is 96.0. The van der Waals surface area contributed by atoms with Crippen LogP contribution in [0.2, 0.25) is 0 Å². The minimum absolute atomic E-state index is 0. The predicted molar refractivity (Wildman–Crippen MR) is 477 cm³/mol. The third-order valence-corrected chi connectivity index (χ3v) is 18.5. The van der Waals surface area contributed by atoms with Gasteiger partial charge in [0.15, 0.2) is 0 Å². The van der Waals surface area contributed by atoms with Crippen molar-refractivity contribution in [3.63, 3.8) is 0 Å². The van der Waals surface area contributed by atoms with E-state index in [1.165, 1.54) is 239 Å². The maximum absolute atomic E-state index is 12.9. The van der Waals surface area contributed by atoms with Crippen LogP contribution in [0, 0.1) is 23.7 Å². The van der Waals surface area contributed by atoms with Gasteiger partial charge in [-0.1, -0.05) is 267 Å².